The van der Waals surface area contributed by atoms with Crippen molar-refractivity contribution >= 4 is 74.7 Å². The van der Waals surface area contributed by atoms with Crippen LogP contribution in [-0.2, 0) is 0 Å². The highest BCUT2D eigenvalue weighted by Gasteiger charge is 2.20. The molecule has 5 aromatic heterocycles. The molecular formula is C30H20O8S3. The van der Waals surface area contributed by atoms with Gasteiger partial charge in [-0.1, -0.05) is 0 Å². The van der Waals surface area contributed by atoms with Gasteiger partial charge >= 0.3 is 11.3 Å². The Morgan fingerprint density at radius 1 is 0.537 bits per heavy atom. The molecule has 0 aliphatic heterocycles. The van der Waals surface area contributed by atoms with Crippen molar-refractivity contribution in [3.8, 4) is 43.9 Å². The lowest BCUT2D eigenvalue weighted by molar-refractivity contribution is 0.395. The number of rotatable bonds is 6. The summed E-state index contributed by atoms with van der Waals surface area (Å²) < 4.78 is 37.2. The fraction of sp³-hybridized carbons (Fsp3) is 0.133. The number of fused-ring (bicyclic) bond motifs is 5. The SMILES string of the molecule is COc1cc(OC)c2cc(-c3cc4sc5cc(-c6cc7c(OC)cc(OC)cc7oc6=O)sc5c4s3)c(=O)oc2c1. The van der Waals surface area contributed by atoms with Crippen LogP contribution in [0.4, 0.5) is 0 Å². The van der Waals surface area contributed by atoms with E-state index in [1.54, 1.807) is 76.2 Å². The van der Waals surface area contributed by atoms with E-state index in [-0.39, 0.29) is 0 Å². The molecule has 0 unspecified atom stereocenters. The van der Waals surface area contributed by atoms with Gasteiger partial charge in [0.05, 0.1) is 59.7 Å². The minimum Gasteiger partial charge on any atom is -0.496 e. The van der Waals surface area contributed by atoms with Gasteiger partial charge in [-0.2, -0.15) is 0 Å². The molecule has 206 valence electrons. The van der Waals surface area contributed by atoms with Crippen LogP contribution in [0.15, 0.2) is 67.0 Å². The first-order valence-corrected chi connectivity index (χ1v) is 14.7. The molecule has 0 bridgehead atoms. The molecule has 0 aliphatic rings. The van der Waals surface area contributed by atoms with Crippen LogP contribution in [0.5, 0.6) is 23.0 Å². The molecule has 7 rings (SSSR count). The van der Waals surface area contributed by atoms with Crippen molar-refractivity contribution in [2.45, 2.75) is 0 Å². The fourth-order valence-electron chi connectivity index (χ4n) is 4.84. The zero-order valence-electron chi connectivity index (χ0n) is 22.1. The van der Waals surface area contributed by atoms with Gasteiger partial charge in [0.1, 0.15) is 34.2 Å². The van der Waals surface area contributed by atoms with Gasteiger partial charge in [-0.3, -0.25) is 0 Å². The van der Waals surface area contributed by atoms with E-state index in [1.165, 1.54) is 22.7 Å². The summed E-state index contributed by atoms with van der Waals surface area (Å²) in [6, 6.07) is 14.5. The second-order valence-electron chi connectivity index (χ2n) is 9.09. The number of methoxy groups -OCH3 is 4. The second kappa shape index (κ2) is 9.65. The van der Waals surface area contributed by atoms with E-state index in [9.17, 15) is 9.59 Å². The zero-order chi connectivity index (χ0) is 28.4. The van der Waals surface area contributed by atoms with Gasteiger partial charge in [0.25, 0.3) is 0 Å². The van der Waals surface area contributed by atoms with Crippen molar-refractivity contribution in [3.05, 3.63) is 69.4 Å². The van der Waals surface area contributed by atoms with Gasteiger partial charge in [0.15, 0.2) is 0 Å². The molecule has 0 fully saturated rings. The van der Waals surface area contributed by atoms with E-state index in [0.717, 1.165) is 28.6 Å². The van der Waals surface area contributed by atoms with Crippen molar-refractivity contribution in [1.29, 1.82) is 0 Å². The molecular weight excluding hydrogens is 585 g/mol. The first-order chi connectivity index (χ1) is 19.9. The first kappa shape index (κ1) is 25.6. The van der Waals surface area contributed by atoms with Gasteiger partial charge in [-0.15, -0.1) is 34.0 Å². The Bertz CT molecular complexity index is 2110. The summed E-state index contributed by atoms with van der Waals surface area (Å²) in [6.45, 7) is 0. The molecule has 0 amide bonds. The molecule has 0 aliphatic carbocycles. The Morgan fingerprint density at radius 3 is 1.37 bits per heavy atom. The number of ether oxygens (including phenoxy) is 4. The van der Waals surface area contributed by atoms with Crippen molar-refractivity contribution in [2.75, 3.05) is 28.4 Å². The van der Waals surface area contributed by atoms with Crippen LogP contribution in [0.3, 0.4) is 0 Å². The van der Waals surface area contributed by atoms with E-state index in [0.29, 0.717) is 56.1 Å². The van der Waals surface area contributed by atoms with Crippen LogP contribution in [0.25, 0.3) is 61.6 Å². The van der Waals surface area contributed by atoms with Crippen LogP contribution in [0, 0.1) is 0 Å². The lowest BCUT2D eigenvalue weighted by Gasteiger charge is -2.08. The van der Waals surface area contributed by atoms with Crippen molar-refractivity contribution in [3.63, 3.8) is 0 Å². The van der Waals surface area contributed by atoms with Gasteiger partial charge in [-0.05, 0) is 24.3 Å². The summed E-state index contributed by atoms with van der Waals surface area (Å²) in [6.07, 6.45) is 0. The van der Waals surface area contributed by atoms with Crippen LogP contribution in [-0.4, -0.2) is 28.4 Å². The van der Waals surface area contributed by atoms with Crippen molar-refractivity contribution in [2.24, 2.45) is 0 Å². The smallest absolute Gasteiger partial charge is 0.345 e. The standard InChI is InChI=1S/C30H20O8S3/c1-33-13-5-19(35-3)15-9-17(29(31)37-21(15)7-13)23-11-25-27(40-23)28-26(39-25)12-24(41-28)18-10-16-20(36-4)6-14(34-2)8-22(16)38-30(18)32/h5-12H,1-4H3. The molecule has 41 heavy (non-hydrogen) atoms. The van der Waals surface area contributed by atoms with Crippen LogP contribution in [0.1, 0.15) is 0 Å². The molecule has 0 N–H and O–H groups in total. The van der Waals surface area contributed by atoms with Gasteiger partial charge in [-0.25, -0.2) is 9.59 Å². The maximum absolute atomic E-state index is 13.0. The molecule has 0 atom stereocenters. The average molecular weight is 605 g/mol. The molecule has 0 saturated heterocycles. The monoisotopic (exact) mass is 604 g/mol. The Labute approximate surface area is 243 Å². The summed E-state index contributed by atoms with van der Waals surface area (Å²) in [5.74, 6) is 2.18. The highest BCUT2D eigenvalue weighted by atomic mass is 32.1. The zero-order valence-corrected chi connectivity index (χ0v) is 24.6. The average Bonchev–Trinajstić information content (AvgIpc) is 3.66. The Hall–Kier alpha value is -4.32. The summed E-state index contributed by atoms with van der Waals surface area (Å²) in [4.78, 5) is 27.6. The molecule has 0 spiro atoms. The number of thiophene rings is 3. The van der Waals surface area contributed by atoms with E-state index in [1.807, 2.05) is 12.1 Å². The molecule has 2 aromatic carbocycles. The van der Waals surface area contributed by atoms with Gasteiger partial charge in [0.2, 0.25) is 0 Å². The normalized spacial score (nSPS) is 11.6. The summed E-state index contributed by atoms with van der Waals surface area (Å²) in [5.41, 5.74) is 0.813. The number of hydrogen-bond donors (Lipinski definition) is 0. The topological polar surface area (TPSA) is 97.3 Å². The Morgan fingerprint density at radius 2 is 0.976 bits per heavy atom. The third kappa shape index (κ3) is 4.07. The molecule has 7 aromatic rings. The van der Waals surface area contributed by atoms with E-state index in [2.05, 4.69) is 0 Å². The quantitative estimate of drug-likeness (QED) is 0.178. The molecule has 11 heteroatoms. The predicted molar refractivity (Wildman–Crippen MR) is 164 cm³/mol. The molecule has 0 saturated carbocycles. The van der Waals surface area contributed by atoms with Crippen LogP contribution in [0.2, 0.25) is 0 Å². The minimum atomic E-state index is -0.441. The van der Waals surface area contributed by atoms with Gasteiger partial charge in [0, 0.05) is 43.4 Å². The predicted octanol–water partition coefficient (Wildman–Crippen LogP) is 7.76. The molecule has 5 heterocycles. The van der Waals surface area contributed by atoms with E-state index < -0.39 is 11.3 Å². The summed E-state index contributed by atoms with van der Waals surface area (Å²) in [7, 11) is 6.22. The highest BCUT2D eigenvalue weighted by Crippen LogP contribution is 2.48. The lowest BCUT2D eigenvalue weighted by Crippen LogP contribution is -2.02. The third-order valence-electron chi connectivity index (χ3n) is 6.84. The largest absolute Gasteiger partial charge is 0.496 e. The summed E-state index contributed by atoms with van der Waals surface area (Å²) in [5, 5.41) is 1.36. The third-order valence-corrected chi connectivity index (χ3v) is 10.7. The van der Waals surface area contributed by atoms with Gasteiger partial charge < -0.3 is 27.8 Å². The highest BCUT2D eigenvalue weighted by molar-refractivity contribution is 7.40. The van der Waals surface area contributed by atoms with Crippen molar-refractivity contribution in [1.82, 2.24) is 0 Å². The number of benzene rings is 2. The molecule has 8 nitrogen and oxygen atoms in total. The second-order valence-corrected chi connectivity index (χ2v) is 12.3. The Kier molecular flexibility index (Phi) is 6.03. The number of hydrogen-bond acceptors (Lipinski definition) is 11. The molecule has 0 radical (unpaired) electrons. The lowest BCUT2D eigenvalue weighted by atomic mass is 10.1. The van der Waals surface area contributed by atoms with Crippen LogP contribution < -0.4 is 30.2 Å². The Balaban J connectivity index is 1.35. The maximum Gasteiger partial charge on any atom is 0.345 e. The first-order valence-electron chi connectivity index (χ1n) is 12.3. The fourth-order valence-corrected chi connectivity index (χ4v) is 8.87. The van der Waals surface area contributed by atoms with Crippen LogP contribution >= 0.6 is 34.0 Å². The maximum atomic E-state index is 13.0. The summed E-state index contributed by atoms with van der Waals surface area (Å²) >= 11 is 4.64. The van der Waals surface area contributed by atoms with E-state index >= 15 is 0 Å². The minimum absolute atomic E-state index is 0.392. The van der Waals surface area contributed by atoms with E-state index in [4.69, 9.17) is 27.8 Å². The van der Waals surface area contributed by atoms with Crippen molar-refractivity contribution < 1.29 is 27.8 Å².